The van der Waals surface area contributed by atoms with Crippen LogP contribution in [0.1, 0.15) is 23.1 Å². The summed E-state index contributed by atoms with van der Waals surface area (Å²) in [5.74, 6) is -0.874. The van der Waals surface area contributed by atoms with Gasteiger partial charge < -0.3 is 19.9 Å². The van der Waals surface area contributed by atoms with Crippen molar-refractivity contribution in [3.05, 3.63) is 108 Å². The van der Waals surface area contributed by atoms with Crippen LogP contribution >= 0.6 is 0 Å². The predicted octanol–water partition coefficient (Wildman–Crippen LogP) is 3.82. The molecule has 0 saturated heterocycles. The third-order valence-electron chi connectivity index (χ3n) is 4.99. The van der Waals surface area contributed by atoms with Crippen LogP contribution in [-0.4, -0.2) is 30.5 Å². The monoisotopic (exact) mass is 447 g/mol. The minimum absolute atomic E-state index is 0.142. The molecule has 3 aromatic carbocycles. The minimum atomic E-state index is -1.00. The Morgan fingerprint density at radius 1 is 0.667 bits per heavy atom. The van der Waals surface area contributed by atoms with Crippen LogP contribution in [0, 0.1) is 0 Å². The van der Waals surface area contributed by atoms with Crippen molar-refractivity contribution in [2.75, 3.05) is 6.61 Å². The Labute approximate surface area is 194 Å². The highest BCUT2D eigenvalue weighted by atomic mass is 16.5. The number of ketones is 1. The molecule has 2 N–H and O–H groups in total. The van der Waals surface area contributed by atoms with Gasteiger partial charge in [0.15, 0.2) is 5.78 Å². The van der Waals surface area contributed by atoms with Gasteiger partial charge >= 0.3 is 0 Å². The van der Waals surface area contributed by atoms with Gasteiger partial charge in [0.25, 0.3) is 0 Å². The summed E-state index contributed by atoms with van der Waals surface area (Å²) in [5.41, 5.74) is 8.25. The summed E-state index contributed by atoms with van der Waals surface area (Å²) in [7, 11) is 0. The quantitative estimate of drug-likeness (QED) is 0.406. The molecule has 3 rings (SSSR count). The summed E-state index contributed by atoms with van der Waals surface area (Å²) >= 11 is 0. The van der Waals surface area contributed by atoms with Crippen LogP contribution in [0.3, 0.4) is 0 Å². The van der Waals surface area contributed by atoms with Gasteiger partial charge in [-0.15, -0.1) is 0 Å². The van der Waals surface area contributed by atoms with Crippen LogP contribution in [0.25, 0.3) is 0 Å². The molecule has 0 aliphatic heterocycles. The van der Waals surface area contributed by atoms with Gasteiger partial charge in [0.05, 0.1) is 26.2 Å². The first kappa shape index (κ1) is 24.3. The van der Waals surface area contributed by atoms with Crippen LogP contribution in [0.5, 0.6) is 0 Å². The fraction of sp³-hybridized carbons (Fsp3) is 0.259. The molecule has 6 nitrogen and oxygen atoms in total. The summed E-state index contributed by atoms with van der Waals surface area (Å²) in [6.07, 6.45) is -1.98. The van der Waals surface area contributed by atoms with Gasteiger partial charge in [0.2, 0.25) is 5.91 Å². The Hall–Kier alpha value is -3.32. The molecule has 1 amide bonds. The van der Waals surface area contributed by atoms with E-state index in [0.29, 0.717) is 6.61 Å². The molecule has 0 saturated carbocycles. The zero-order valence-corrected chi connectivity index (χ0v) is 18.5. The topological polar surface area (TPSA) is 87.9 Å². The summed E-state index contributed by atoms with van der Waals surface area (Å²) in [6, 6.07) is 28.6. The lowest BCUT2D eigenvalue weighted by Gasteiger charge is -2.26. The second kappa shape index (κ2) is 13.3. The highest BCUT2D eigenvalue weighted by molar-refractivity contribution is 5.86. The number of carbonyl (C=O) groups is 2. The molecule has 2 atom stereocenters. The van der Waals surface area contributed by atoms with Crippen molar-refractivity contribution < 1.29 is 23.8 Å². The van der Waals surface area contributed by atoms with Crippen molar-refractivity contribution in [1.82, 2.24) is 0 Å². The molecule has 0 aromatic heterocycles. The van der Waals surface area contributed by atoms with Gasteiger partial charge in [0.1, 0.15) is 18.8 Å². The molecule has 0 aliphatic carbocycles. The van der Waals surface area contributed by atoms with Gasteiger partial charge in [-0.2, -0.15) is 0 Å². The van der Waals surface area contributed by atoms with Crippen molar-refractivity contribution in [3.63, 3.8) is 0 Å². The summed E-state index contributed by atoms with van der Waals surface area (Å²) in [4.78, 5) is 24.9. The van der Waals surface area contributed by atoms with Crippen LogP contribution in [0.2, 0.25) is 0 Å². The number of hydrogen-bond acceptors (Lipinski definition) is 5. The van der Waals surface area contributed by atoms with E-state index in [2.05, 4.69) is 0 Å². The Bertz CT molecular complexity index is 979. The SMILES string of the molecule is NC(=O)CC(OCc1ccccc1)[C@H](OCc1ccccc1)C(=O)COCc1ccccc1. The predicted molar refractivity (Wildman–Crippen MR) is 125 cm³/mol. The molecule has 0 heterocycles. The lowest BCUT2D eigenvalue weighted by atomic mass is 10.1. The summed E-state index contributed by atoms with van der Waals surface area (Å²) in [5, 5.41) is 0. The average molecular weight is 448 g/mol. The molecule has 1 unspecified atom stereocenters. The zero-order valence-electron chi connectivity index (χ0n) is 18.5. The van der Waals surface area contributed by atoms with E-state index < -0.39 is 18.1 Å². The van der Waals surface area contributed by atoms with Crippen LogP contribution < -0.4 is 5.73 Å². The van der Waals surface area contributed by atoms with E-state index in [4.69, 9.17) is 19.9 Å². The Kier molecular flexibility index (Phi) is 9.79. The molecule has 0 bridgehead atoms. The van der Waals surface area contributed by atoms with E-state index in [1.807, 2.05) is 91.0 Å². The number of carbonyl (C=O) groups excluding carboxylic acids is 2. The van der Waals surface area contributed by atoms with Crippen LogP contribution in [0.15, 0.2) is 91.0 Å². The maximum absolute atomic E-state index is 13.1. The molecule has 3 aromatic rings. The Balaban J connectivity index is 1.69. The van der Waals surface area contributed by atoms with Crippen molar-refractivity contribution in [2.45, 2.75) is 38.4 Å². The molecule has 0 spiro atoms. The Morgan fingerprint density at radius 2 is 1.12 bits per heavy atom. The molecule has 172 valence electrons. The highest BCUT2D eigenvalue weighted by Gasteiger charge is 2.31. The van der Waals surface area contributed by atoms with Gasteiger partial charge in [0, 0.05) is 0 Å². The third kappa shape index (κ3) is 8.61. The maximum atomic E-state index is 13.1. The zero-order chi connectivity index (χ0) is 23.3. The van der Waals surface area contributed by atoms with E-state index in [1.54, 1.807) is 0 Å². The molecule has 0 fully saturated rings. The number of rotatable bonds is 14. The van der Waals surface area contributed by atoms with Gasteiger partial charge in [-0.3, -0.25) is 9.59 Å². The average Bonchev–Trinajstić information content (AvgIpc) is 2.84. The van der Waals surface area contributed by atoms with E-state index in [-0.39, 0.29) is 32.0 Å². The first-order chi connectivity index (χ1) is 16.1. The number of primary amides is 1. The molecular weight excluding hydrogens is 418 g/mol. The van der Waals surface area contributed by atoms with Crippen LogP contribution in [0.4, 0.5) is 0 Å². The van der Waals surface area contributed by atoms with E-state index >= 15 is 0 Å². The molecule has 0 aliphatic rings. The van der Waals surface area contributed by atoms with Crippen molar-refractivity contribution >= 4 is 11.7 Å². The number of Topliss-reactive ketones (excluding diaryl/α,β-unsaturated/α-hetero) is 1. The molecule has 33 heavy (non-hydrogen) atoms. The van der Waals surface area contributed by atoms with Gasteiger partial charge in [-0.25, -0.2) is 0 Å². The molecular formula is C27H29NO5. The lowest BCUT2D eigenvalue weighted by Crippen LogP contribution is -2.42. The molecule has 0 radical (unpaired) electrons. The summed E-state index contributed by atoms with van der Waals surface area (Å²) in [6.45, 7) is 0.545. The second-order valence-corrected chi connectivity index (χ2v) is 7.67. The normalized spacial score (nSPS) is 12.7. The largest absolute Gasteiger partial charge is 0.370 e. The number of amides is 1. The number of hydrogen-bond donors (Lipinski definition) is 1. The first-order valence-electron chi connectivity index (χ1n) is 10.9. The Morgan fingerprint density at radius 3 is 1.61 bits per heavy atom. The molecule has 6 heteroatoms. The van der Waals surface area contributed by atoms with E-state index in [0.717, 1.165) is 16.7 Å². The summed E-state index contributed by atoms with van der Waals surface area (Å²) < 4.78 is 17.6. The maximum Gasteiger partial charge on any atom is 0.220 e. The smallest absolute Gasteiger partial charge is 0.220 e. The fourth-order valence-corrected chi connectivity index (χ4v) is 3.32. The van der Waals surface area contributed by atoms with Crippen LogP contribution in [-0.2, 0) is 43.6 Å². The van der Waals surface area contributed by atoms with Crippen molar-refractivity contribution in [2.24, 2.45) is 5.73 Å². The fourth-order valence-electron chi connectivity index (χ4n) is 3.32. The second-order valence-electron chi connectivity index (χ2n) is 7.67. The van der Waals surface area contributed by atoms with Gasteiger partial charge in [-0.1, -0.05) is 91.0 Å². The number of benzene rings is 3. The van der Waals surface area contributed by atoms with E-state index in [1.165, 1.54) is 0 Å². The first-order valence-corrected chi connectivity index (χ1v) is 10.9. The third-order valence-corrected chi connectivity index (χ3v) is 4.99. The highest BCUT2D eigenvalue weighted by Crippen LogP contribution is 2.16. The van der Waals surface area contributed by atoms with Crippen molar-refractivity contribution in [1.29, 1.82) is 0 Å². The lowest BCUT2D eigenvalue weighted by molar-refractivity contribution is -0.152. The number of ether oxygens (including phenoxy) is 3. The van der Waals surface area contributed by atoms with E-state index in [9.17, 15) is 9.59 Å². The van der Waals surface area contributed by atoms with Crippen molar-refractivity contribution in [3.8, 4) is 0 Å². The minimum Gasteiger partial charge on any atom is -0.370 e. The van der Waals surface area contributed by atoms with Gasteiger partial charge in [-0.05, 0) is 16.7 Å². The standard InChI is InChI=1S/C27H29NO5/c28-26(30)16-25(32-18-22-12-6-2-7-13-22)27(33-19-23-14-8-3-9-15-23)24(29)20-31-17-21-10-4-1-5-11-21/h1-15,25,27H,16-20H2,(H2,28,30)/t25?,27-/m1/s1. The number of nitrogens with two attached hydrogens (primary N) is 1.